The molecule has 0 aromatic heterocycles. The Balaban J connectivity index is 1.49. The number of fused-ring (bicyclic) bond motifs is 2. The molecular formula is C25H20O7. The maximum Gasteiger partial charge on any atom is 0.339 e. The highest BCUT2D eigenvalue weighted by Crippen LogP contribution is 2.33. The number of cyclic esters (lactones) is 1. The minimum Gasteiger partial charge on any atom is -0.457 e. The zero-order valence-corrected chi connectivity index (χ0v) is 17.5. The van der Waals surface area contributed by atoms with Crippen molar-refractivity contribution in [2.75, 3.05) is 0 Å². The van der Waals surface area contributed by atoms with Crippen LogP contribution in [0.15, 0.2) is 54.6 Å². The van der Waals surface area contributed by atoms with Crippen molar-refractivity contribution in [2.24, 2.45) is 0 Å². The third kappa shape index (κ3) is 4.09. The minimum absolute atomic E-state index is 0.00293. The van der Waals surface area contributed by atoms with Crippen molar-refractivity contribution in [3.8, 4) is 11.5 Å². The number of carbonyl (C=O) groups is 4. The fourth-order valence-electron chi connectivity index (χ4n) is 3.69. The molecular weight excluding hydrogens is 412 g/mol. The zero-order valence-electron chi connectivity index (χ0n) is 17.5. The number of carbonyl (C=O) groups excluding carboxylic acids is 4. The largest absolute Gasteiger partial charge is 0.457 e. The highest BCUT2D eigenvalue weighted by molar-refractivity contribution is 5.95. The molecule has 7 nitrogen and oxygen atoms in total. The molecule has 2 aromatic carbocycles. The average molecular weight is 432 g/mol. The van der Waals surface area contributed by atoms with Gasteiger partial charge in [-0.05, 0) is 42.3 Å². The summed E-state index contributed by atoms with van der Waals surface area (Å²) in [5.74, 6) is -0.965. The zero-order chi connectivity index (χ0) is 23.0. The summed E-state index contributed by atoms with van der Waals surface area (Å²) in [4.78, 5) is 48.1. The van der Waals surface area contributed by atoms with E-state index in [2.05, 4.69) is 13.2 Å². The number of rotatable bonds is 6. The van der Waals surface area contributed by atoms with E-state index in [0.717, 1.165) is 11.1 Å². The van der Waals surface area contributed by atoms with E-state index in [9.17, 15) is 19.2 Å². The highest BCUT2D eigenvalue weighted by Gasteiger charge is 2.27. The lowest BCUT2D eigenvalue weighted by Crippen LogP contribution is -2.14. The molecule has 0 bridgehead atoms. The molecule has 4 rings (SSSR count). The summed E-state index contributed by atoms with van der Waals surface area (Å²) >= 11 is 0. The van der Waals surface area contributed by atoms with Crippen molar-refractivity contribution < 1.29 is 33.4 Å². The average Bonchev–Trinajstić information content (AvgIpc) is 3.32. The van der Waals surface area contributed by atoms with Crippen LogP contribution in [-0.4, -0.2) is 23.7 Å². The number of ketones is 1. The molecule has 0 saturated heterocycles. The van der Waals surface area contributed by atoms with E-state index in [0.29, 0.717) is 22.4 Å². The number of hydrogen-bond acceptors (Lipinski definition) is 7. The van der Waals surface area contributed by atoms with Crippen molar-refractivity contribution in [3.63, 3.8) is 0 Å². The Morgan fingerprint density at radius 2 is 1.75 bits per heavy atom. The summed E-state index contributed by atoms with van der Waals surface area (Å²) < 4.78 is 15.7. The monoisotopic (exact) mass is 432 g/mol. The lowest BCUT2D eigenvalue weighted by atomic mass is 9.97. The van der Waals surface area contributed by atoms with Crippen LogP contribution in [0.25, 0.3) is 0 Å². The maximum absolute atomic E-state index is 12.6. The predicted octanol–water partition coefficient (Wildman–Crippen LogP) is 3.21. The second-order valence-electron chi connectivity index (χ2n) is 7.81. The molecule has 0 unspecified atom stereocenters. The third-order valence-electron chi connectivity index (χ3n) is 5.34. The van der Waals surface area contributed by atoms with Gasteiger partial charge in [0.15, 0.2) is 0 Å². The van der Waals surface area contributed by atoms with Gasteiger partial charge in [0, 0.05) is 41.5 Å². The van der Waals surface area contributed by atoms with Crippen LogP contribution in [-0.2, 0) is 45.0 Å². The van der Waals surface area contributed by atoms with Crippen LogP contribution in [0, 0.1) is 0 Å². The molecule has 2 aromatic rings. The molecule has 32 heavy (non-hydrogen) atoms. The lowest BCUT2D eigenvalue weighted by Gasteiger charge is -2.14. The Kier molecular flexibility index (Phi) is 5.48. The molecule has 0 fully saturated rings. The van der Waals surface area contributed by atoms with Crippen LogP contribution in [0.5, 0.6) is 11.5 Å². The first kappa shape index (κ1) is 21.2. The van der Waals surface area contributed by atoms with Gasteiger partial charge in [0.1, 0.15) is 23.9 Å². The second kappa shape index (κ2) is 8.26. The van der Waals surface area contributed by atoms with E-state index in [1.807, 2.05) is 0 Å². The highest BCUT2D eigenvalue weighted by atomic mass is 16.5. The van der Waals surface area contributed by atoms with E-state index in [4.69, 9.17) is 14.2 Å². The van der Waals surface area contributed by atoms with Gasteiger partial charge in [0.05, 0.1) is 5.56 Å². The molecule has 0 spiro atoms. The van der Waals surface area contributed by atoms with Crippen molar-refractivity contribution in [1.29, 1.82) is 0 Å². The maximum atomic E-state index is 12.6. The Morgan fingerprint density at radius 3 is 2.50 bits per heavy atom. The Morgan fingerprint density at radius 1 is 1.00 bits per heavy atom. The van der Waals surface area contributed by atoms with Crippen molar-refractivity contribution in [2.45, 2.75) is 32.8 Å². The smallest absolute Gasteiger partial charge is 0.339 e. The van der Waals surface area contributed by atoms with Gasteiger partial charge in [0.25, 0.3) is 0 Å². The van der Waals surface area contributed by atoms with Gasteiger partial charge in [0.2, 0.25) is 0 Å². The Bertz CT molecular complexity index is 1220. The number of esters is 3. The van der Waals surface area contributed by atoms with Crippen LogP contribution < -0.4 is 9.47 Å². The Labute approximate surface area is 184 Å². The molecule has 0 saturated carbocycles. The fourth-order valence-corrected chi connectivity index (χ4v) is 3.69. The third-order valence-corrected chi connectivity index (χ3v) is 5.34. The molecule has 0 amide bonds. The fraction of sp³-hybridized carbons (Fsp3) is 0.200. The first-order valence-electron chi connectivity index (χ1n) is 9.96. The molecule has 0 radical (unpaired) electrons. The molecule has 2 aliphatic rings. The minimum atomic E-state index is -0.619. The summed E-state index contributed by atoms with van der Waals surface area (Å²) in [7, 11) is 0. The molecule has 1 aliphatic carbocycles. The van der Waals surface area contributed by atoms with Gasteiger partial charge in [-0.25, -0.2) is 14.4 Å². The van der Waals surface area contributed by atoms with E-state index in [-0.39, 0.29) is 48.5 Å². The van der Waals surface area contributed by atoms with E-state index in [1.165, 1.54) is 6.07 Å². The van der Waals surface area contributed by atoms with Gasteiger partial charge in [-0.1, -0.05) is 19.2 Å². The lowest BCUT2D eigenvalue weighted by molar-refractivity contribution is -0.131. The molecule has 162 valence electrons. The van der Waals surface area contributed by atoms with Crippen LogP contribution in [0.1, 0.15) is 39.5 Å². The second-order valence-corrected chi connectivity index (χ2v) is 7.81. The quantitative estimate of drug-likeness (QED) is 0.393. The van der Waals surface area contributed by atoms with Gasteiger partial charge in [-0.2, -0.15) is 0 Å². The van der Waals surface area contributed by atoms with E-state index < -0.39 is 17.9 Å². The summed E-state index contributed by atoms with van der Waals surface area (Å²) in [6, 6.07) is 8.00. The van der Waals surface area contributed by atoms with Gasteiger partial charge in [-0.15, -0.1) is 0 Å². The number of ether oxygens (including phenoxy) is 3. The molecule has 1 heterocycles. The van der Waals surface area contributed by atoms with E-state index >= 15 is 0 Å². The van der Waals surface area contributed by atoms with Gasteiger partial charge < -0.3 is 14.2 Å². The SMILES string of the molecule is C=C(C)C(=O)Oc1ccc(CC(=C)C(=O)Oc2ccc3c(c2)COC3=O)c2c1CC(=O)C2. The number of hydrogen-bond donors (Lipinski definition) is 0. The molecule has 7 heteroatoms. The number of benzene rings is 2. The predicted molar refractivity (Wildman–Crippen MR) is 113 cm³/mol. The topological polar surface area (TPSA) is 96.0 Å². The first-order valence-corrected chi connectivity index (χ1v) is 9.96. The summed E-state index contributed by atoms with van der Waals surface area (Å²) in [5.41, 5.74) is 3.70. The van der Waals surface area contributed by atoms with Crippen LogP contribution in [0.4, 0.5) is 0 Å². The molecule has 1 aliphatic heterocycles. The first-order chi connectivity index (χ1) is 15.2. The number of Topliss-reactive ketones (excluding diaryl/α,β-unsaturated/α-hetero) is 1. The van der Waals surface area contributed by atoms with Crippen LogP contribution in [0.2, 0.25) is 0 Å². The van der Waals surface area contributed by atoms with Crippen LogP contribution in [0.3, 0.4) is 0 Å². The van der Waals surface area contributed by atoms with Gasteiger partial charge >= 0.3 is 17.9 Å². The van der Waals surface area contributed by atoms with Gasteiger partial charge in [-0.3, -0.25) is 4.79 Å². The summed E-state index contributed by atoms with van der Waals surface area (Å²) in [5, 5.41) is 0. The molecule has 0 atom stereocenters. The van der Waals surface area contributed by atoms with Crippen molar-refractivity contribution in [1.82, 2.24) is 0 Å². The van der Waals surface area contributed by atoms with E-state index in [1.54, 1.807) is 31.2 Å². The summed E-state index contributed by atoms with van der Waals surface area (Å²) in [6.07, 6.45) is 0.537. The normalized spacial score (nSPS) is 13.8. The molecule has 0 N–H and O–H groups in total. The van der Waals surface area contributed by atoms with Crippen molar-refractivity contribution >= 4 is 23.7 Å². The standard InChI is InChI=1S/C25H20O7/c1-13(2)23(27)32-22-7-4-15(20-10-17(26)11-21(20)22)8-14(3)24(28)31-18-5-6-19-16(9-18)12-30-25(19)29/h4-7,9H,1,3,8,10-12H2,2H3. The van der Waals surface area contributed by atoms with Crippen molar-refractivity contribution in [3.05, 3.63) is 82.5 Å². The Hall–Kier alpha value is -4.00. The summed E-state index contributed by atoms with van der Waals surface area (Å²) in [6.45, 7) is 9.09. The van der Waals surface area contributed by atoms with Crippen LogP contribution >= 0.6 is 0 Å².